The van der Waals surface area contributed by atoms with E-state index in [4.69, 9.17) is 23.2 Å². The van der Waals surface area contributed by atoms with Gasteiger partial charge in [-0.3, -0.25) is 4.79 Å². The molecule has 2 aromatic carbocycles. The molecule has 6 heteroatoms. The van der Waals surface area contributed by atoms with Crippen molar-refractivity contribution in [2.24, 2.45) is 0 Å². The largest absolute Gasteiger partial charge is 0.321 e. The highest BCUT2D eigenvalue weighted by Crippen LogP contribution is 2.29. The molecule has 0 aliphatic rings. The number of nitriles is 1. The predicted molar refractivity (Wildman–Crippen MR) is 114 cm³/mol. The highest BCUT2D eigenvalue weighted by Gasteiger charge is 2.15. The second-order valence-corrected chi connectivity index (χ2v) is 7.09. The van der Waals surface area contributed by atoms with E-state index in [1.807, 2.05) is 54.8 Å². The highest BCUT2D eigenvalue weighted by atomic mass is 35.5. The summed E-state index contributed by atoms with van der Waals surface area (Å²) in [4.78, 5) is 12.5. The molecule has 28 heavy (non-hydrogen) atoms. The van der Waals surface area contributed by atoms with Gasteiger partial charge < -0.3 is 9.88 Å². The lowest BCUT2D eigenvalue weighted by Crippen LogP contribution is -2.13. The van der Waals surface area contributed by atoms with Crippen LogP contribution in [0.4, 0.5) is 5.69 Å². The monoisotopic (exact) mass is 409 g/mol. The zero-order valence-corrected chi connectivity index (χ0v) is 16.8. The number of para-hydroxylation sites is 1. The normalized spacial score (nSPS) is 11.2. The Morgan fingerprint density at radius 1 is 1.11 bits per heavy atom. The second-order valence-electron chi connectivity index (χ2n) is 6.25. The van der Waals surface area contributed by atoms with Gasteiger partial charge >= 0.3 is 0 Å². The van der Waals surface area contributed by atoms with E-state index in [1.54, 1.807) is 30.3 Å². The number of carbonyl (C=O) groups excluding carboxylic acids is 1. The molecule has 0 unspecified atom stereocenters. The first-order valence-electron chi connectivity index (χ1n) is 8.53. The number of aromatic nitrogens is 1. The Morgan fingerprint density at radius 3 is 2.46 bits per heavy atom. The lowest BCUT2D eigenvalue weighted by Gasteiger charge is -2.12. The van der Waals surface area contributed by atoms with Crippen molar-refractivity contribution in [2.75, 3.05) is 5.32 Å². The van der Waals surface area contributed by atoms with Crippen molar-refractivity contribution in [3.8, 4) is 11.8 Å². The van der Waals surface area contributed by atoms with Crippen LogP contribution >= 0.6 is 23.2 Å². The van der Waals surface area contributed by atoms with Gasteiger partial charge in [0.05, 0.1) is 10.7 Å². The first-order valence-corrected chi connectivity index (χ1v) is 9.29. The van der Waals surface area contributed by atoms with Crippen LogP contribution in [0, 0.1) is 25.2 Å². The van der Waals surface area contributed by atoms with Crippen molar-refractivity contribution in [1.29, 1.82) is 5.26 Å². The molecule has 0 radical (unpaired) electrons. The van der Waals surface area contributed by atoms with Crippen molar-refractivity contribution in [3.05, 3.63) is 87.2 Å². The van der Waals surface area contributed by atoms with Gasteiger partial charge in [0.1, 0.15) is 11.6 Å². The molecule has 0 spiro atoms. The first kappa shape index (κ1) is 19.8. The lowest BCUT2D eigenvalue weighted by atomic mass is 10.1. The van der Waals surface area contributed by atoms with Crippen LogP contribution in [0.15, 0.2) is 60.2 Å². The van der Waals surface area contributed by atoms with E-state index in [2.05, 4.69) is 5.32 Å². The minimum absolute atomic E-state index is 0.0197. The van der Waals surface area contributed by atoms with Crippen LogP contribution < -0.4 is 5.32 Å². The highest BCUT2D eigenvalue weighted by molar-refractivity contribution is 6.35. The molecule has 140 valence electrons. The lowest BCUT2D eigenvalue weighted by molar-refractivity contribution is -0.112. The fourth-order valence-electron chi connectivity index (χ4n) is 2.99. The third kappa shape index (κ3) is 4.12. The molecule has 0 saturated carbocycles. The summed E-state index contributed by atoms with van der Waals surface area (Å²) in [5.41, 5.74) is 3.99. The molecule has 1 N–H and O–H groups in total. The van der Waals surface area contributed by atoms with Crippen molar-refractivity contribution >= 4 is 40.9 Å². The molecule has 0 aliphatic heterocycles. The number of nitrogens with one attached hydrogen (secondary N) is 1. The molecule has 1 amide bonds. The van der Waals surface area contributed by atoms with E-state index in [0.717, 1.165) is 22.6 Å². The number of aryl methyl sites for hydroxylation is 1. The summed E-state index contributed by atoms with van der Waals surface area (Å²) in [5.74, 6) is -0.456. The summed E-state index contributed by atoms with van der Waals surface area (Å²) in [6.07, 6.45) is 1.58. The fraction of sp³-hybridized carbons (Fsp3) is 0.0909. The Labute approximate surface area is 173 Å². The van der Waals surface area contributed by atoms with E-state index in [1.165, 1.54) is 0 Å². The maximum atomic E-state index is 12.5. The number of benzene rings is 2. The molecule has 4 nitrogen and oxygen atoms in total. The second kappa shape index (κ2) is 8.35. The van der Waals surface area contributed by atoms with Crippen LogP contribution in [-0.2, 0) is 4.79 Å². The van der Waals surface area contributed by atoms with Gasteiger partial charge in [-0.15, -0.1) is 0 Å². The summed E-state index contributed by atoms with van der Waals surface area (Å²) in [7, 11) is 0. The molecule has 0 atom stereocenters. The first-order chi connectivity index (χ1) is 13.4. The van der Waals surface area contributed by atoms with Crippen LogP contribution in [0.5, 0.6) is 0 Å². The maximum Gasteiger partial charge on any atom is 0.266 e. The van der Waals surface area contributed by atoms with Crippen LogP contribution in [0.2, 0.25) is 10.0 Å². The van der Waals surface area contributed by atoms with Crippen molar-refractivity contribution in [2.45, 2.75) is 13.8 Å². The number of halogens is 2. The topological polar surface area (TPSA) is 57.8 Å². The zero-order chi connectivity index (χ0) is 20.3. The Hall–Kier alpha value is -3.00. The number of nitrogens with zero attached hydrogens (tertiary/aromatic N) is 2. The Balaban J connectivity index is 1.97. The molecule has 3 rings (SSSR count). The Bertz CT molecular complexity index is 1110. The number of anilines is 1. The van der Waals surface area contributed by atoms with Gasteiger partial charge in [0.25, 0.3) is 5.91 Å². The number of hydrogen-bond donors (Lipinski definition) is 1. The number of rotatable bonds is 4. The quantitative estimate of drug-likeness (QED) is 0.427. The molecule has 3 aromatic rings. The minimum atomic E-state index is -0.456. The molecule has 0 aliphatic carbocycles. The van der Waals surface area contributed by atoms with Gasteiger partial charge in [-0.25, -0.2) is 0 Å². The summed E-state index contributed by atoms with van der Waals surface area (Å²) >= 11 is 12.3. The fourth-order valence-corrected chi connectivity index (χ4v) is 3.48. The summed E-state index contributed by atoms with van der Waals surface area (Å²) < 4.78 is 1.97. The molecule has 0 saturated heterocycles. The van der Waals surface area contributed by atoms with Gasteiger partial charge in [0.2, 0.25) is 0 Å². The van der Waals surface area contributed by atoms with E-state index in [-0.39, 0.29) is 5.57 Å². The van der Waals surface area contributed by atoms with Crippen molar-refractivity contribution in [1.82, 2.24) is 4.57 Å². The maximum absolute atomic E-state index is 12.5. The molecular formula is C22H17Cl2N3O. The predicted octanol–water partition coefficient (Wildman–Crippen LogP) is 5.95. The number of amides is 1. The summed E-state index contributed by atoms with van der Waals surface area (Å²) in [6.45, 7) is 3.85. The molecule has 0 fully saturated rings. The number of hydrogen-bond acceptors (Lipinski definition) is 2. The minimum Gasteiger partial charge on any atom is -0.321 e. The molecule has 1 aromatic heterocycles. The molecule has 0 bridgehead atoms. The van der Waals surface area contributed by atoms with Gasteiger partial charge in [-0.1, -0.05) is 41.4 Å². The van der Waals surface area contributed by atoms with E-state index in [0.29, 0.717) is 15.7 Å². The van der Waals surface area contributed by atoms with Crippen LogP contribution in [0.1, 0.15) is 17.0 Å². The third-order valence-corrected chi connectivity index (χ3v) is 4.86. The standard InChI is InChI=1S/C22H17Cl2N3O/c1-14-10-16(15(2)27(14)21-9-8-18(23)12-20(21)24)11-17(13-25)22(28)26-19-6-4-3-5-7-19/h3-12H,1-2H3,(H,26,28). The smallest absolute Gasteiger partial charge is 0.266 e. The molecule has 1 heterocycles. The van der Waals surface area contributed by atoms with Crippen LogP contribution in [0.3, 0.4) is 0 Å². The van der Waals surface area contributed by atoms with E-state index >= 15 is 0 Å². The van der Waals surface area contributed by atoms with Crippen molar-refractivity contribution < 1.29 is 4.79 Å². The van der Waals surface area contributed by atoms with E-state index in [9.17, 15) is 10.1 Å². The van der Waals surface area contributed by atoms with Gasteiger partial charge in [-0.2, -0.15) is 5.26 Å². The van der Waals surface area contributed by atoms with Gasteiger partial charge in [-0.05, 0) is 61.9 Å². The van der Waals surface area contributed by atoms with Crippen LogP contribution in [-0.4, -0.2) is 10.5 Å². The Morgan fingerprint density at radius 2 is 1.82 bits per heavy atom. The van der Waals surface area contributed by atoms with Gasteiger partial charge in [0.15, 0.2) is 0 Å². The van der Waals surface area contributed by atoms with Gasteiger partial charge in [0, 0.05) is 22.1 Å². The Kier molecular flexibility index (Phi) is 5.89. The average Bonchev–Trinajstić information content (AvgIpc) is 2.94. The average molecular weight is 410 g/mol. The summed E-state index contributed by atoms with van der Waals surface area (Å²) in [6, 6.07) is 18.2. The zero-order valence-electron chi connectivity index (χ0n) is 15.3. The van der Waals surface area contributed by atoms with Crippen molar-refractivity contribution in [3.63, 3.8) is 0 Å². The SMILES string of the molecule is Cc1cc(C=C(C#N)C(=O)Nc2ccccc2)c(C)n1-c1ccc(Cl)cc1Cl. The van der Waals surface area contributed by atoms with Crippen LogP contribution in [0.25, 0.3) is 11.8 Å². The number of carbonyl (C=O) groups is 1. The summed E-state index contributed by atoms with van der Waals surface area (Å²) in [5, 5.41) is 13.3. The van der Waals surface area contributed by atoms with E-state index < -0.39 is 5.91 Å². The molecular weight excluding hydrogens is 393 g/mol. The third-order valence-electron chi connectivity index (χ3n) is 4.32.